The molecule has 1 heterocycles. The summed E-state index contributed by atoms with van der Waals surface area (Å²) in [5.41, 5.74) is 0. The first kappa shape index (κ1) is 16.9. The molecule has 0 aliphatic carbocycles. The van der Waals surface area contributed by atoms with E-state index in [0.29, 0.717) is 24.7 Å². The third-order valence-corrected chi connectivity index (χ3v) is 3.10. The van der Waals surface area contributed by atoms with Crippen molar-refractivity contribution in [1.29, 1.82) is 0 Å². The number of carboxylic acids is 1. The summed E-state index contributed by atoms with van der Waals surface area (Å²) in [6, 6.07) is -0.298. The predicted molar refractivity (Wildman–Crippen MR) is 74.3 cm³/mol. The van der Waals surface area contributed by atoms with Crippen molar-refractivity contribution in [1.82, 2.24) is 31.3 Å². The van der Waals surface area contributed by atoms with Crippen LogP contribution in [0.1, 0.15) is 44.9 Å². The molecular formula is C12H22N6O3. The number of nitrogens with zero attached hydrogens (tertiary/aromatic N) is 3. The molecule has 2 amide bonds. The van der Waals surface area contributed by atoms with Crippen molar-refractivity contribution >= 4 is 12.0 Å². The summed E-state index contributed by atoms with van der Waals surface area (Å²) in [4.78, 5) is 22.1. The molecule has 0 spiro atoms. The van der Waals surface area contributed by atoms with Crippen molar-refractivity contribution in [2.24, 2.45) is 5.92 Å². The molecule has 0 bridgehead atoms. The summed E-state index contributed by atoms with van der Waals surface area (Å²) in [7, 11) is 0. The maximum atomic E-state index is 11.5. The Labute approximate surface area is 122 Å². The van der Waals surface area contributed by atoms with Gasteiger partial charge in [-0.05, 0) is 18.8 Å². The molecule has 0 saturated heterocycles. The van der Waals surface area contributed by atoms with Gasteiger partial charge >= 0.3 is 12.0 Å². The van der Waals surface area contributed by atoms with Gasteiger partial charge in [0.25, 0.3) is 0 Å². The first-order chi connectivity index (χ1) is 10.1. The molecule has 0 fully saturated rings. The van der Waals surface area contributed by atoms with Crippen LogP contribution in [0.15, 0.2) is 0 Å². The first-order valence-corrected chi connectivity index (χ1v) is 7.07. The normalized spacial score (nSPS) is 11.9. The Morgan fingerprint density at radius 3 is 2.71 bits per heavy atom. The molecule has 0 aliphatic rings. The van der Waals surface area contributed by atoms with Crippen LogP contribution in [0.4, 0.5) is 4.79 Å². The van der Waals surface area contributed by atoms with Crippen LogP contribution in [0.3, 0.4) is 0 Å². The highest BCUT2D eigenvalue weighted by molar-refractivity contribution is 5.73. The van der Waals surface area contributed by atoms with Gasteiger partial charge in [0.05, 0.1) is 6.54 Å². The Morgan fingerprint density at radius 1 is 1.29 bits per heavy atom. The zero-order valence-corrected chi connectivity index (χ0v) is 12.1. The first-order valence-electron chi connectivity index (χ1n) is 7.07. The van der Waals surface area contributed by atoms with Gasteiger partial charge in [-0.2, -0.15) is 5.21 Å². The second-order valence-electron chi connectivity index (χ2n) is 4.81. The van der Waals surface area contributed by atoms with Crippen molar-refractivity contribution in [2.75, 3.05) is 6.54 Å². The Bertz CT molecular complexity index is 423. The van der Waals surface area contributed by atoms with Crippen molar-refractivity contribution in [3.63, 3.8) is 0 Å². The number of carboxylic acid groups (broad SMARTS) is 1. The lowest BCUT2D eigenvalue weighted by Gasteiger charge is -2.15. The highest BCUT2D eigenvalue weighted by Gasteiger charge is 2.11. The molecule has 9 nitrogen and oxygen atoms in total. The monoisotopic (exact) mass is 298 g/mol. The number of hydrogen-bond acceptors (Lipinski definition) is 5. The number of carbonyl (C=O) groups excluding carboxylic acids is 1. The number of rotatable bonds is 10. The van der Waals surface area contributed by atoms with Crippen molar-refractivity contribution in [2.45, 2.75) is 45.6 Å². The van der Waals surface area contributed by atoms with Gasteiger partial charge in [0.2, 0.25) is 0 Å². The fraction of sp³-hybridized carbons (Fsp3) is 0.750. The number of H-pyrrole nitrogens is 1. The lowest BCUT2D eigenvalue weighted by Crippen LogP contribution is -2.36. The van der Waals surface area contributed by atoms with Crippen LogP contribution in [0, 0.1) is 5.92 Å². The van der Waals surface area contributed by atoms with Gasteiger partial charge in [0.1, 0.15) is 0 Å². The van der Waals surface area contributed by atoms with E-state index in [9.17, 15) is 9.59 Å². The molecule has 118 valence electrons. The molecule has 1 aromatic rings. The quantitative estimate of drug-likeness (QED) is 0.502. The average molecular weight is 298 g/mol. The van der Waals surface area contributed by atoms with Gasteiger partial charge in [-0.25, -0.2) is 4.79 Å². The number of aromatic amines is 1. The lowest BCUT2D eigenvalue weighted by atomic mass is 9.94. The van der Waals surface area contributed by atoms with Gasteiger partial charge in [0, 0.05) is 13.0 Å². The van der Waals surface area contributed by atoms with E-state index in [0.717, 1.165) is 19.3 Å². The largest absolute Gasteiger partial charge is 0.481 e. The molecule has 0 aliphatic heterocycles. The van der Waals surface area contributed by atoms with Gasteiger partial charge in [0.15, 0.2) is 5.82 Å². The van der Waals surface area contributed by atoms with E-state index in [1.165, 1.54) is 0 Å². The zero-order chi connectivity index (χ0) is 15.5. The smallest absolute Gasteiger partial charge is 0.315 e. The summed E-state index contributed by atoms with van der Waals surface area (Å²) < 4.78 is 0. The summed E-state index contributed by atoms with van der Waals surface area (Å²) in [6.07, 6.45) is 3.58. The fourth-order valence-corrected chi connectivity index (χ4v) is 2.04. The maximum Gasteiger partial charge on any atom is 0.315 e. The summed E-state index contributed by atoms with van der Waals surface area (Å²) in [5.74, 6) is -0.0407. The molecule has 1 unspecified atom stereocenters. The maximum absolute atomic E-state index is 11.5. The topological polar surface area (TPSA) is 133 Å². The molecular weight excluding hydrogens is 276 g/mol. The molecule has 0 aromatic carbocycles. The Kier molecular flexibility index (Phi) is 7.77. The molecule has 1 atom stereocenters. The zero-order valence-electron chi connectivity index (χ0n) is 12.1. The molecule has 4 N–H and O–H groups in total. The van der Waals surface area contributed by atoms with E-state index >= 15 is 0 Å². The number of aromatic nitrogens is 4. The molecule has 9 heteroatoms. The molecule has 0 radical (unpaired) electrons. The third kappa shape index (κ3) is 7.85. The molecule has 1 rings (SSSR count). The minimum absolute atomic E-state index is 0.175. The lowest BCUT2D eigenvalue weighted by molar-refractivity contribution is -0.137. The third-order valence-electron chi connectivity index (χ3n) is 3.10. The number of urea groups is 1. The van der Waals surface area contributed by atoms with E-state index in [4.69, 9.17) is 5.11 Å². The van der Waals surface area contributed by atoms with Crippen LogP contribution in [0.2, 0.25) is 0 Å². The van der Waals surface area contributed by atoms with E-state index < -0.39 is 5.97 Å². The van der Waals surface area contributed by atoms with Crippen LogP contribution in [0.5, 0.6) is 0 Å². The van der Waals surface area contributed by atoms with Gasteiger partial charge in [-0.1, -0.05) is 25.0 Å². The van der Waals surface area contributed by atoms with Crippen molar-refractivity contribution in [3.05, 3.63) is 5.82 Å². The van der Waals surface area contributed by atoms with Crippen LogP contribution in [-0.2, 0) is 11.3 Å². The van der Waals surface area contributed by atoms with Crippen molar-refractivity contribution < 1.29 is 14.7 Å². The second kappa shape index (κ2) is 9.67. The number of amides is 2. The molecule has 1 aromatic heterocycles. The number of hydrogen-bond donors (Lipinski definition) is 4. The van der Waals surface area contributed by atoms with Crippen molar-refractivity contribution in [3.8, 4) is 0 Å². The summed E-state index contributed by atoms with van der Waals surface area (Å²) in [5, 5.41) is 27.2. The Balaban J connectivity index is 2.16. The number of nitrogens with one attached hydrogen (secondary N) is 3. The number of carbonyl (C=O) groups is 2. The predicted octanol–water partition coefficient (Wildman–Crippen LogP) is 0.670. The Morgan fingerprint density at radius 2 is 2.10 bits per heavy atom. The van der Waals surface area contributed by atoms with Crippen LogP contribution >= 0.6 is 0 Å². The molecule has 0 saturated carbocycles. The van der Waals surface area contributed by atoms with E-state index in [-0.39, 0.29) is 19.0 Å². The molecule has 21 heavy (non-hydrogen) atoms. The Hall–Kier alpha value is -2.19. The van der Waals surface area contributed by atoms with E-state index in [1.54, 1.807) is 0 Å². The highest BCUT2D eigenvalue weighted by atomic mass is 16.4. The average Bonchev–Trinajstić information content (AvgIpc) is 2.95. The van der Waals surface area contributed by atoms with Gasteiger partial charge in [-0.3, -0.25) is 4.79 Å². The number of aliphatic carboxylic acids is 1. The van der Waals surface area contributed by atoms with E-state index in [2.05, 4.69) is 38.2 Å². The summed E-state index contributed by atoms with van der Waals surface area (Å²) >= 11 is 0. The van der Waals surface area contributed by atoms with Gasteiger partial charge < -0.3 is 15.7 Å². The second-order valence-corrected chi connectivity index (χ2v) is 4.81. The summed E-state index contributed by atoms with van der Waals surface area (Å²) in [6.45, 7) is 2.79. The fourth-order valence-electron chi connectivity index (χ4n) is 2.04. The number of tetrazole rings is 1. The SMILES string of the molecule is CCCC(CCNC(=O)NCc1nn[nH]n1)CCC(=O)O. The van der Waals surface area contributed by atoms with E-state index in [1.807, 2.05) is 0 Å². The van der Waals surface area contributed by atoms with Crippen LogP contribution in [-0.4, -0.2) is 44.3 Å². The van der Waals surface area contributed by atoms with Crippen LogP contribution in [0.25, 0.3) is 0 Å². The standard InChI is InChI=1S/C12H22N6O3/c1-2-3-9(4-5-11(19)20)6-7-13-12(21)14-8-10-15-17-18-16-10/h9H,2-8H2,1H3,(H,19,20)(H2,13,14,21)(H,15,16,17,18). The minimum atomic E-state index is -0.776. The van der Waals surface area contributed by atoms with Gasteiger partial charge in [-0.15, -0.1) is 10.2 Å². The minimum Gasteiger partial charge on any atom is -0.481 e. The van der Waals surface area contributed by atoms with Crippen LogP contribution < -0.4 is 10.6 Å². The highest BCUT2D eigenvalue weighted by Crippen LogP contribution is 2.17.